The van der Waals surface area contributed by atoms with Crippen LogP contribution in [0.3, 0.4) is 0 Å². The molecule has 98 valence electrons. The van der Waals surface area contributed by atoms with Crippen LogP contribution in [0, 0.1) is 5.92 Å². The lowest BCUT2D eigenvalue weighted by atomic mass is 10.2. The SMILES string of the molecule is CC1CC(=O)N(S(=O)(=O)c2cc(Br)cnc2Cl)C1. The Morgan fingerprint density at radius 1 is 1.56 bits per heavy atom. The molecule has 0 N–H and O–H groups in total. The Morgan fingerprint density at radius 2 is 2.22 bits per heavy atom. The van der Waals surface area contributed by atoms with Gasteiger partial charge in [0.05, 0.1) is 0 Å². The summed E-state index contributed by atoms with van der Waals surface area (Å²) in [5, 5.41) is -0.134. The third-order valence-corrected chi connectivity index (χ3v) is 5.27. The zero-order valence-electron chi connectivity index (χ0n) is 9.43. The minimum Gasteiger partial charge on any atom is -0.274 e. The van der Waals surface area contributed by atoms with E-state index in [1.165, 1.54) is 12.3 Å². The van der Waals surface area contributed by atoms with E-state index < -0.39 is 15.9 Å². The summed E-state index contributed by atoms with van der Waals surface area (Å²) in [6.07, 6.45) is 1.63. The fraction of sp³-hybridized carbons (Fsp3) is 0.400. The van der Waals surface area contributed by atoms with Gasteiger partial charge in [0, 0.05) is 23.6 Å². The number of hydrogen-bond acceptors (Lipinski definition) is 4. The maximum Gasteiger partial charge on any atom is 0.269 e. The molecular weight excluding hydrogens is 344 g/mol. The Labute approximate surface area is 118 Å². The number of carbonyl (C=O) groups excluding carboxylic acids is 1. The van der Waals surface area contributed by atoms with E-state index in [-0.39, 0.29) is 28.9 Å². The van der Waals surface area contributed by atoms with Crippen LogP contribution in [0.25, 0.3) is 0 Å². The molecule has 0 bridgehead atoms. The van der Waals surface area contributed by atoms with Crippen molar-refractivity contribution in [3.63, 3.8) is 0 Å². The molecule has 1 fully saturated rings. The van der Waals surface area contributed by atoms with Gasteiger partial charge in [0.1, 0.15) is 10.0 Å². The summed E-state index contributed by atoms with van der Waals surface area (Å²) in [4.78, 5) is 15.3. The van der Waals surface area contributed by atoms with Gasteiger partial charge in [-0.25, -0.2) is 17.7 Å². The first kappa shape index (κ1) is 13.8. The van der Waals surface area contributed by atoms with Crippen LogP contribution in [0.2, 0.25) is 5.15 Å². The first-order valence-corrected chi connectivity index (χ1v) is 7.80. The van der Waals surface area contributed by atoms with Crippen molar-refractivity contribution in [3.05, 3.63) is 21.9 Å². The molecule has 1 atom stereocenters. The second-order valence-electron chi connectivity index (χ2n) is 4.18. The summed E-state index contributed by atoms with van der Waals surface area (Å²) in [5.74, 6) is -0.385. The lowest BCUT2D eigenvalue weighted by Crippen LogP contribution is -2.32. The Hall–Kier alpha value is -0.660. The maximum absolute atomic E-state index is 12.3. The fourth-order valence-corrected chi connectivity index (χ4v) is 4.24. The first-order chi connectivity index (χ1) is 8.32. The number of aromatic nitrogens is 1. The summed E-state index contributed by atoms with van der Waals surface area (Å²) in [7, 11) is -3.91. The van der Waals surface area contributed by atoms with Gasteiger partial charge in [-0.1, -0.05) is 18.5 Å². The Balaban J connectivity index is 2.49. The van der Waals surface area contributed by atoms with E-state index in [1.807, 2.05) is 6.92 Å². The summed E-state index contributed by atoms with van der Waals surface area (Å²) in [6, 6.07) is 1.35. The average Bonchev–Trinajstić information content (AvgIpc) is 2.62. The zero-order valence-corrected chi connectivity index (χ0v) is 12.6. The van der Waals surface area contributed by atoms with Crippen LogP contribution >= 0.6 is 27.5 Å². The number of nitrogens with zero attached hydrogens (tertiary/aromatic N) is 2. The van der Waals surface area contributed by atoms with Crippen LogP contribution in [-0.2, 0) is 14.8 Å². The molecule has 1 aliphatic heterocycles. The highest BCUT2D eigenvalue weighted by atomic mass is 79.9. The first-order valence-electron chi connectivity index (χ1n) is 5.19. The van der Waals surface area contributed by atoms with Crippen LogP contribution in [-0.4, -0.2) is 30.2 Å². The van der Waals surface area contributed by atoms with E-state index in [2.05, 4.69) is 20.9 Å². The van der Waals surface area contributed by atoms with Gasteiger partial charge in [0.25, 0.3) is 10.0 Å². The van der Waals surface area contributed by atoms with Gasteiger partial charge in [-0.2, -0.15) is 0 Å². The molecule has 5 nitrogen and oxygen atoms in total. The molecule has 0 spiro atoms. The molecule has 8 heteroatoms. The molecule has 2 heterocycles. The highest BCUT2D eigenvalue weighted by Crippen LogP contribution is 2.29. The summed E-state index contributed by atoms with van der Waals surface area (Å²) in [6.45, 7) is 2.01. The minimum absolute atomic E-state index is 0.0196. The quantitative estimate of drug-likeness (QED) is 0.763. The molecule has 18 heavy (non-hydrogen) atoms. The van der Waals surface area contributed by atoms with E-state index in [0.29, 0.717) is 4.47 Å². The van der Waals surface area contributed by atoms with Crippen molar-refractivity contribution in [3.8, 4) is 0 Å². The molecular formula is C10H10BrClN2O3S. The standard InChI is InChI=1S/C10H10BrClN2O3S/c1-6-2-9(15)14(5-6)18(16,17)8-3-7(11)4-13-10(8)12/h3-4,6H,2,5H2,1H3. The number of halogens is 2. The highest BCUT2D eigenvalue weighted by molar-refractivity contribution is 9.10. The lowest BCUT2D eigenvalue weighted by Gasteiger charge is -2.17. The van der Waals surface area contributed by atoms with E-state index in [0.717, 1.165) is 4.31 Å². The van der Waals surface area contributed by atoms with Crippen LogP contribution in [0.15, 0.2) is 21.6 Å². The molecule has 2 rings (SSSR count). The molecule has 1 aromatic rings. The number of amides is 1. The van der Waals surface area contributed by atoms with Gasteiger partial charge in [-0.3, -0.25) is 4.79 Å². The van der Waals surface area contributed by atoms with Crippen LogP contribution in [0.1, 0.15) is 13.3 Å². The van der Waals surface area contributed by atoms with Crippen molar-refractivity contribution < 1.29 is 13.2 Å². The number of carbonyl (C=O) groups is 1. The van der Waals surface area contributed by atoms with Crippen molar-refractivity contribution in [2.75, 3.05) is 6.54 Å². The molecule has 0 radical (unpaired) electrons. The third-order valence-electron chi connectivity index (χ3n) is 2.62. The average molecular weight is 354 g/mol. The van der Waals surface area contributed by atoms with Crippen molar-refractivity contribution in [1.82, 2.24) is 9.29 Å². The van der Waals surface area contributed by atoms with Gasteiger partial charge >= 0.3 is 0 Å². The van der Waals surface area contributed by atoms with Crippen LogP contribution in [0.5, 0.6) is 0 Å². The number of rotatable bonds is 2. The fourth-order valence-electron chi connectivity index (χ4n) is 1.79. The van der Waals surface area contributed by atoms with E-state index in [9.17, 15) is 13.2 Å². The van der Waals surface area contributed by atoms with Crippen LogP contribution < -0.4 is 0 Å². The van der Waals surface area contributed by atoms with Crippen molar-refractivity contribution in [2.45, 2.75) is 18.2 Å². The second-order valence-corrected chi connectivity index (χ2v) is 7.29. The molecule has 0 saturated carbocycles. The molecule has 0 aliphatic carbocycles. The van der Waals surface area contributed by atoms with E-state index in [4.69, 9.17) is 11.6 Å². The predicted octanol–water partition coefficient (Wildman–Crippen LogP) is 2.05. The lowest BCUT2D eigenvalue weighted by molar-refractivity contribution is -0.123. The Bertz CT molecular complexity index is 605. The monoisotopic (exact) mass is 352 g/mol. The smallest absolute Gasteiger partial charge is 0.269 e. The molecule has 1 aliphatic rings. The molecule has 0 aromatic carbocycles. The second kappa shape index (κ2) is 4.79. The molecule has 1 unspecified atom stereocenters. The summed E-state index contributed by atoms with van der Waals surface area (Å²) >= 11 is 8.93. The molecule has 1 aromatic heterocycles. The van der Waals surface area contributed by atoms with Gasteiger partial charge in [0.15, 0.2) is 0 Å². The number of pyridine rings is 1. The van der Waals surface area contributed by atoms with Crippen molar-refractivity contribution in [2.24, 2.45) is 5.92 Å². The number of hydrogen-bond donors (Lipinski definition) is 0. The molecule has 1 amide bonds. The minimum atomic E-state index is -3.91. The Morgan fingerprint density at radius 3 is 2.78 bits per heavy atom. The maximum atomic E-state index is 12.3. The largest absolute Gasteiger partial charge is 0.274 e. The van der Waals surface area contributed by atoms with E-state index in [1.54, 1.807) is 0 Å². The predicted molar refractivity (Wildman–Crippen MR) is 69.6 cm³/mol. The van der Waals surface area contributed by atoms with E-state index >= 15 is 0 Å². The third kappa shape index (κ3) is 2.39. The van der Waals surface area contributed by atoms with Gasteiger partial charge in [-0.15, -0.1) is 0 Å². The summed E-state index contributed by atoms with van der Waals surface area (Å²) < 4.78 is 26.0. The van der Waals surface area contributed by atoms with Gasteiger partial charge in [-0.05, 0) is 27.9 Å². The zero-order chi connectivity index (χ0) is 13.5. The van der Waals surface area contributed by atoms with Crippen molar-refractivity contribution >= 4 is 43.5 Å². The van der Waals surface area contributed by atoms with Crippen LogP contribution in [0.4, 0.5) is 0 Å². The topological polar surface area (TPSA) is 67.3 Å². The van der Waals surface area contributed by atoms with Crippen molar-refractivity contribution in [1.29, 1.82) is 0 Å². The number of sulfonamides is 1. The molecule has 1 saturated heterocycles. The highest BCUT2D eigenvalue weighted by Gasteiger charge is 2.37. The normalized spacial score (nSPS) is 20.5. The summed E-state index contributed by atoms with van der Waals surface area (Å²) in [5.41, 5.74) is 0. The Kier molecular flexibility index (Phi) is 3.66. The van der Waals surface area contributed by atoms with Gasteiger partial charge < -0.3 is 0 Å². The van der Waals surface area contributed by atoms with Gasteiger partial charge in [0.2, 0.25) is 5.91 Å².